The molecular weight excluding hydrogens is 269 g/mol. The van der Waals surface area contributed by atoms with Gasteiger partial charge < -0.3 is 10.1 Å². The second-order valence-electron chi connectivity index (χ2n) is 4.16. The first-order valence-electron chi connectivity index (χ1n) is 5.93. The number of hydrogen-bond donors (Lipinski definition) is 1. The number of nitrogens with zero attached hydrogens (tertiary/aromatic N) is 1. The average molecular weight is 282 g/mol. The Balaban J connectivity index is 2.28. The average Bonchev–Trinajstić information content (AvgIpc) is 2.39. The van der Waals surface area contributed by atoms with Crippen molar-refractivity contribution in [1.29, 1.82) is 0 Å². The third kappa shape index (κ3) is 3.48. The van der Waals surface area contributed by atoms with Crippen LogP contribution >= 0.6 is 0 Å². The van der Waals surface area contributed by atoms with Crippen LogP contribution in [0.15, 0.2) is 42.7 Å². The topological polar surface area (TPSA) is 34.2 Å². The van der Waals surface area contributed by atoms with Crippen LogP contribution in [-0.2, 0) is 12.7 Å². The number of rotatable bonds is 4. The van der Waals surface area contributed by atoms with Crippen molar-refractivity contribution in [3.8, 4) is 11.5 Å². The van der Waals surface area contributed by atoms with Crippen LogP contribution in [0.25, 0.3) is 0 Å². The van der Waals surface area contributed by atoms with Crippen LogP contribution < -0.4 is 10.1 Å². The molecule has 2 rings (SSSR count). The molecule has 0 unspecified atom stereocenters. The number of nitrogens with one attached hydrogen (secondary N) is 1. The van der Waals surface area contributed by atoms with E-state index in [1.54, 1.807) is 19.3 Å². The molecule has 1 N–H and O–H groups in total. The summed E-state index contributed by atoms with van der Waals surface area (Å²) in [6.45, 7) is 0.561. The van der Waals surface area contributed by atoms with Gasteiger partial charge in [-0.2, -0.15) is 13.2 Å². The van der Waals surface area contributed by atoms with E-state index in [0.717, 1.165) is 11.6 Å². The normalized spacial score (nSPS) is 11.4. The number of aromatic nitrogens is 1. The number of alkyl halides is 3. The fourth-order valence-corrected chi connectivity index (χ4v) is 1.74. The lowest BCUT2D eigenvalue weighted by Crippen LogP contribution is -2.07. The van der Waals surface area contributed by atoms with E-state index < -0.39 is 11.7 Å². The van der Waals surface area contributed by atoms with Gasteiger partial charge in [-0.05, 0) is 30.8 Å². The predicted molar refractivity (Wildman–Crippen MR) is 68.5 cm³/mol. The van der Waals surface area contributed by atoms with Gasteiger partial charge in [0.15, 0.2) is 0 Å². The van der Waals surface area contributed by atoms with E-state index in [0.29, 0.717) is 6.54 Å². The Bertz CT molecular complexity index is 585. The van der Waals surface area contributed by atoms with Crippen LogP contribution in [0, 0.1) is 0 Å². The smallest absolute Gasteiger partial charge is 0.419 e. The van der Waals surface area contributed by atoms with Crippen LogP contribution in [0.3, 0.4) is 0 Å². The van der Waals surface area contributed by atoms with E-state index in [2.05, 4.69) is 10.3 Å². The summed E-state index contributed by atoms with van der Waals surface area (Å²) in [5.41, 5.74) is 0.0218. The van der Waals surface area contributed by atoms with Crippen molar-refractivity contribution in [2.45, 2.75) is 12.7 Å². The molecule has 0 aliphatic rings. The molecule has 1 aromatic carbocycles. The minimum absolute atomic E-state index is 0.233. The Morgan fingerprint density at radius 2 is 1.95 bits per heavy atom. The molecule has 0 radical (unpaired) electrons. The van der Waals surface area contributed by atoms with Crippen molar-refractivity contribution >= 4 is 0 Å². The maximum atomic E-state index is 12.8. The number of ether oxygens (including phenoxy) is 1. The third-order valence-corrected chi connectivity index (χ3v) is 2.57. The highest BCUT2D eigenvalue weighted by atomic mass is 19.4. The van der Waals surface area contributed by atoms with Gasteiger partial charge in [0.05, 0.1) is 11.8 Å². The first-order chi connectivity index (χ1) is 9.50. The van der Waals surface area contributed by atoms with E-state index in [-0.39, 0.29) is 11.5 Å². The zero-order chi connectivity index (χ0) is 14.6. The molecule has 0 bridgehead atoms. The van der Waals surface area contributed by atoms with Gasteiger partial charge in [-0.3, -0.25) is 4.98 Å². The fraction of sp³-hybridized carbons (Fsp3) is 0.214. The molecule has 1 aromatic heterocycles. The minimum Gasteiger partial charge on any atom is -0.455 e. The highest BCUT2D eigenvalue weighted by Crippen LogP contribution is 2.37. The van der Waals surface area contributed by atoms with Crippen molar-refractivity contribution in [3.05, 3.63) is 53.9 Å². The highest BCUT2D eigenvalue weighted by Gasteiger charge is 2.34. The van der Waals surface area contributed by atoms with Gasteiger partial charge in [-0.15, -0.1) is 0 Å². The van der Waals surface area contributed by atoms with Gasteiger partial charge in [0.25, 0.3) is 0 Å². The summed E-state index contributed by atoms with van der Waals surface area (Å²) in [5.74, 6) is 0.0397. The molecule has 0 aliphatic heterocycles. The molecule has 0 aliphatic carbocycles. The molecule has 2 aromatic rings. The summed E-state index contributed by atoms with van der Waals surface area (Å²) >= 11 is 0. The Morgan fingerprint density at radius 3 is 2.65 bits per heavy atom. The molecule has 0 saturated heterocycles. The Labute approximate surface area is 114 Å². The van der Waals surface area contributed by atoms with Gasteiger partial charge in [0.2, 0.25) is 0 Å². The summed E-state index contributed by atoms with van der Waals surface area (Å²) in [5, 5.41) is 2.94. The Kier molecular flexibility index (Phi) is 4.24. The zero-order valence-electron chi connectivity index (χ0n) is 10.7. The first-order valence-corrected chi connectivity index (χ1v) is 5.93. The number of halogens is 3. The van der Waals surface area contributed by atoms with E-state index in [1.807, 2.05) is 0 Å². The molecule has 0 fully saturated rings. The Hall–Kier alpha value is -2.08. The molecule has 3 nitrogen and oxygen atoms in total. The summed E-state index contributed by atoms with van der Waals surface area (Å²) < 4.78 is 43.8. The molecule has 0 atom stereocenters. The van der Waals surface area contributed by atoms with Gasteiger partial charge in [-0.25, -0.2) is 0 Å². The van der Waals surface area contributed by atoms with Gasteiger partial charge in [0.1, 0.15) is 11.5 Å². The third-order valence-electron chi connectivity index (χ3n) is 2.57. The predicted octanol–water partition coefficient (Wildman–Crippen LogP) is 3.61. The van der Waals surface area contributed by atoms with Crippen molar-refractivity contribution in [2.75, 3.05) is 7.05 Å². The van der Waals surface area contributed by atoms with Gasteiger partial charge >= 0.3 is 6.18 Å². The summed E-state index contributed by atoms with van der Waals surface area (Å²) in [6.07, 6.45) is -1.45. The van der Waals surface area contributed by atoms with Gasteiger partial charge in [0, 0.05) is 12.7 Å². The summed E-state index contributed by atoms with van der Waals surface area (Å²) in [7, 11) is 1.77. The monoisotopic (exact) mass is 282 g/mol. The van der Waals surface area contributed by atoms with Crippen molar-refractivity contribution in [3.63, 3.8) is 0 Å². The molecule has 0 saturated carbocycles. The number of para-hydroxylation sites is 1. The lowest BCUT2D eigenvalue weighted by Gasteiger charge is -2.13. The number of pyridine rings is 1. The van der Waals surface area contributed by atoms with Crippen molar-refractivity contribution in [1.82, 2.24) is 10.3 Å². The Morgan fingerprint density at radius 1 is 1.20 bits per heavy atom. The quantitative estimate of drug-likeness (QED) is 0.930. The number of hydrogen-bond acceptors (Lipinski definition) is 3. The lowest BCUT2D eigenvalue weighted by molar-refractivity contribution is -0.138. The van der Waals surface area contributed by atoms with Crippen molar-refractivity contribution < 1.29 is 17.9 Å². The molecule has 0 spiro atoms. The molecule has 106 valence electrons. The fourth-order valence-electron chi connectivity index (χ4n) is 1.74. The second kappa shape index (κ2) is 5.92. The largest absolute Gasteiger partial charge is 0.455 e. The SMILES string of the molecule is CNCc1cncc(Oc2ccccc2C(F)(F)F)c1. The molecule has 20 heavy (non-hydrogen) atoms. The summed E-state index contributed by atoms with van der Waals surface area (Å²) in [6, 6.07) is 6.74. The first kappa shape index (κ1) is 14.3. The number of benzene rings is 1. The van der Waals surface area contributed by atoms with Crippen LogP contribution in [0.1, 0.15) is 11.1 Å². The van der Waals surface area contributed by atoms with E-state index in [1.165, 1.54) is 24.4 Å². The molecule has 6 heteroatoms. The van der Waals surface area contributed by atoms with Crippen LogP contribution in [0.5, 0.6) is 11.5 Å². The van der Waals surface area contributed by atoms with Crippen molar-refractivity contribution in [2.24, 2.45) is 0 Å². The van der Waals surface area contributed by atoms with Crippen LogP contribution in [0.2, 0.25) is 0 Å². The van der Waals surface area contributed by atoms with E-state index >= 15 is 0 Å². The van der Waals surface area contributed by atoms with Crippen LogP contribution in [0.4, 0.5) is 13.2 Å². The van der Waals surface area contributed by atoms with Crippen LogP contribution in [-0.4, -0.2) is 12.0 Å². The standard InChI is InChI=1S/C14H13F3N2O/c1-18-7-10-6-11(9-19-8-10)20-13-5-3-2-4-12(13)14(15,16)17/h2-6,8-9,18H,7H2,1H3. The molecule has 0 amide bonds. The maximum Gasteiger partial charge on any atom is 0.419 e. The van der Waals surface area contributed by atoms with Gasteiger partial charge in [-0.1, -0.05) is 12.1 Å². The summed E-state index contributed by atoms with van der Waals surface area (Å²) in [4.78, 5) is 3.95. The maximum absolute atomic E-state index is 12.8. The zero-order valence-corrected chi connectivity index (χ0v) is 10.7. The van der Waals surface area contributed by atoms with E-state index in [4.69, 9.17) is 4.74 Å². The molecular formula is C14H13F3N2O. The highest BCUT2D eigenvalue weighted by molar-refractivity contribution is 5.39. The minimum atomic E-state index is -4.45. The lowest BCUT2D eigenvalue weighted by atomic mass is 10.2. The molecule has 1 heterocycles. The van der Waals surface area contributed by atoms with E-state index in [9.17, 15) is 13.2 Å². The second-order valence-corrected chi connectivity index (χ2v) is 4.16.